The first-order valence-electron chi connectivity index (χ1n) is 9.96. The third-order valence-electron chi connectivity index (χ3n) is 4.73. The molecule has 4 nitrogen and oxygen atoms in total. The average Bonchev–Trinajstić information content (AvgIpc) is 2.75. The molecular formula is C22H26F5N3O. The number of nitrogens with one attached hydrogen (secondary N) is 3. The Morgan fingerprint density at radius 1 is 1.03 bits per heavy atom. The number of carbonyl (C=O) groups is 1. The highest BCUT2D eigenvalue weighted by molar-refractivity contribution is 5.97. The molecule has 0 radical (unpaired) electrons. The van der Waals surface area contributed by atoms with Crippen molar-refractivity contribution in [1.29, 1.82) is 0 Å². The van der Waals surface area contributed by atoms with Crippen LogP contribution in [-0.2, 0) is 17.5 Å². The van der Waals surface area contributed by atoms with Gasteiger partial charge in [0.1, 0.15) is 6.17 Å². The lowest BCUT2D eigenvalue weighted by Crippen LogP contribution is -2.32. The summed E-state index contributed by atoms with van der Waals surface area (Å²) in [6.45, 7) is 2.13. The Hall–Kier alpha value is -2.84. The van der Waals surface area contributed by atoms with Gasteiger partial charge in [0.25, 0.3) is 5.91 Å². The van der Waals surface area contributed by atoms with E-state index in [1.807, 2.05) is 6.92 Å². The zero-order valence-corrected chi connectivity index (χ0v) is 17.3. The maximum absolute atomic E-state index is 14.0. The lowest BCUT2D eigenvalue weighted by molar-refractivity contribution is -0.137. The molecule has 9 heteroatoms. The minimum atomic E-state index is -4.38. The molecule has 0 saturated heterocycles. The van der Waals surface area contributed by atoms with Crippen LogP contribution in [0.25, 0.3) is 0 Å². The maximum atomic E-state index is 14.0. The minimum Gasteiger partial charge on any atom is -0.386 e. The molecule has 0 aliphatic carbocycles. The molecule has 0 saturated carbocycles. The zero-order chi connectivity index (χ0) is 23.0. The van der Waals surface area contributed by atoms with Gasteiger partial charge >= 0.3 is 6.18 Å². The second kappa shape index (κ2) is 11.0. The Labute approximate surface area is 178 Å². The van der Waals surface area contributed by atoms with E-state index in [2.05, 4.69) is 16.0 Å². The van der Waals surface area contributed by atoms with Crippen LogP contribution in [0.3, 0.4) is 0 Å². The van der Waals surface area contributed by atoms with Crippen LogP contribution < -0.4 is 16.0 Å². The number of unbranched alkanes of at least 4 members (excludes halogenated alkanes) is 1. The molecule has 0 aliphatic rings. The highest BCUT2D eigenvalue weighted by Crippen LogP contribution is 2.30. The number of alkyl halides is 5. The van der Waals surface area contributed by atoms with Gasteiger partial charge in [0.2, 0.25) is 6.17 Å². The number of halogens is 5. The van der Waals surface area contributed by atoms with Crippen LogP contribution in [-0.4, -0.2) is 25.3 Å². The fourth-order valence-corrected chi connectivity index (χ4v) is 2.90. The molecule has 2 aromatic carbocycles. The number of benzene rings is 2. The molecule has 31 heavy (non-hydrogen) atoms. The van der Waals surface area contributed by atoms with Crippen molar-refractivity contribution >= 4 is 23.0 Å². The van der Waals surface area contributed by atoms with Gasteiger partial charge in [-0.1, -0.05) is 31.9 Å². The van der Waals surface area contributed by atoms with Gasteiger partial charge < -0.3 is 16.0 Å². The van der Waals surface area contributed by atoms with Crippen LogP contribution in [0.2, 0.25) is 0 Å². The lowest BCUT2D eigenvalue weighted by Gasteiger charge is -2.17. The Morgan fingerprint density at radius 3 is 2.29 bits per heavy atom. The molecule has 0 heterocycles. The topological polar surface area (TPSA) is 53.2 Å². The molecule has 0 aliphatic heterocycles. The van der Waals surface area contributed by atoms with Crippen molar-refractivity contribution in [2.75, 3.05) is 23.0 Å². The molecule has 3 N–H and O–H groups in total. The summed E-state index contributed by atoms with van der Waals surface area (Å²) >= 11 is 0. The van der Waals surface area contributed by atoms with Gasteiger partial charge in [0.05, 0.1) is 16.9 Å². The lowest BCUT2D eigenvalue weighted by atomic mass is 10.1. The quantitative estimate of drug-likeness (QED) is 0.385. The van der Waals surface area contributed by atoms with Gasteiger partial charge in [0.15, 0.2) is 0 Å². The number of amides is 1. The van der Waals surface area contributed by atoms with Gasteiger partial charge in [-0.15, -0.1) is 0 Å². The van der Waals surface area contributed by atoms with Crippen LogP contribution in [0.15, 0.2) is 42.5 Å². The van der Waals surface area contributed by atoms with Gasteiger partial charge in [-0.2, -0.15) is 13.2 Å². The van der Waals surface area contributed by atoms with Crippen LogP contribution in [0.1, 0.15) is 37.3 Å². The second-order valence-corrected chi connectivity index (χ2v) is 7.11. The summed E-state index contributed by atoms with van der Waals surface area (Å²) in [5.74, 6) is -1.05. The Balaban J connectivity index is 2.00. The van der Waals surface area contributed by atoms with Crippen LogP contribution in [0, 0.1) is 0 Å². The van der Waals surface area contributed by atoms with Crippen molar-refractivity contribution in [2.45, 2.75) is 51.3 Å². The summed E-state index contributed by atoms with van der Waals surface area (Å²) in [5.41, 5.74) is 1.33. The van der Waals surface area contributed by atoms with Crippen LogP contribution in [0.4, 0.5) is 39.0 Å². The van der Waals surface area contributed by atoms with Crippen LogP contribution in [0.5, 0.6) is 0 Å². The monoisotopic (exact) mass is 443 g/mol. The van der Waals surface area contributed by atoms with E-state index in [0.717, 1.165) is 12.1 Å². The van der Waals surface area contributed by atoms with Gasteiger partial charge in [0, 0.05) is 19.3 Å². The summed E-state index contributed by atoms with van der Waals surface area (Å²) < 4.78 is 65.7. The van der Waals surface area contributed by atoms with Crippen molar-refractivity contribution in [1.82, 2.24) is 0 Å². The minimum absolute atomic E-state index is 0.0171. The van der Waals surface area contributed by atoms with Crippen molar-refractivity contribution in [2.24, 2.45) is 0 Å². The van der Waals surface area contributed by atoms with E-state index >= 15 is 0 Å². The van der Waals surface area contributed by atoms with Crippen molar-refractivity contribution in [3.8, 4) is 0 Å². The summed E-state index contributed by atoms with van der Waals surface area (Å²) in [7, 11) is 1.61. The summed E-state index contributed by atoms with van der Waals surface area (Å²) in [6.07, 6.45) is -7.31. The number of rotatable bonds is 10. The summed E-state index contributed by atoms with van der Waals surface area (Å²) in [4.78, 5) is 12.0. The molecule has 1 amide bonds. The molecule has 0 aromatic heterocycles. The third-order valence-corrected chi connectivity index (χ3v) is 4.73. The molecule has 0 fully saturated rings. The van der Waals surface area contributed by atoms with E-state index in [1.54, 1.807) is 19.2 Å². The fraction of sp³-hybridized carbons (Fsp3) is 0.409. The number of carbonyl (C=O) groups excluding carboxylic acids is 1. The molecule has 170 valence electrons. The first-order valence-corrected chi connectivity index (χ1v) is 9.96. The standard InChI is InChI=1S/C22H26F5N3O/c1-3-4-5-17(23)20(24)21(31)30-18-11-10-16(12-19(18)28-2)29-13-14-6-8-15(9-7-14)22(25,26)27/h6-12,17,20,28-29H,3-5,13H2,1-2H3,(H,30,31)/t17-,20+/m1/s1. The third kappa shape index (κ3) is 7.11. The number of hydrogen-bond donors (Lipinski definition) is 3. The average molecular weight is 443 g/mol. The smallest absolute Gasteiger partial charge is 0.386 e. The number of hydrogen-bond acceptors (Lipinski definition) is 3. The van der Waals surface area contributed by atoms with E-state index < -0.39 is 30.0 Å². The van der Waals surface area contributed by atoms with Crippen molar-refractivity contribution in [3.63, 3.8) is 0 Å². The SMILES string of the molecule is CCCC[C@@H](F)[C@H](F)C(=O)Nc1ccc(NCc2ccc(C(F)(F)F)cc2)cc1NC. The Kier molecular flexibility index (Phi) is 8.65. The summed E-state index contributed by atoms with van der Waals surface area (Å²) in [5, 5.41) is 8.33. The van der Waals surface area contributed by atoms with E-state index in [9.17, 15) is 26.7 Å². The predicted molar refractivity (Wildman–Crippen MR) is 113 cm³/mol. The largest absolute Gasteiger partial charge is 0.416 e. The zero-order valence-electron chi connectivity index (χ0n) is 17.3. The van der Waals surface area contributed by atoms with E-state index in [-0.39, 0.29) is 18.7 Å². The Bertz CT molecular complexity index is 855. The molecule has 2 atom stereocenters. The molecule has 0 unspecified atom stereocenters. The normalized spacial score (nSPS) is 13.4. The fourth-order valence-electron chi connectivity index (χ4n) is 2.90. The Morgan fingerprint density at radius 2 is 1.71 bits per heavy atom. The molecule has 0 spiro atoms. The first kappa shape index (κ1) is 24.4. The van der Waals surface area contributed by atoms with E-state index in [1.165, 1.54) is 18.2 Å². The predicted octanol–water partition coefficient (Wildman–Crippen LogP) is 6.16. The molecule has 0 bridgehead atoms. The first-order chi connectivity index (χ1) is 14.7. The highest BCUT2D eigenvalue weighted by Gasteiger charge is 2.30. The van der Waals surface area contributed by atoms with Gasteiger partial charge in [-0.3, -0.25) is 4.79 Å². The van der Waals surface area contributed by atoms with E-state index in [4.69, 9.17) is 0 Å². The maximum Gasteiger partial charge on any atom is 0.416 e. The van der Waals surface area contributed by atoms with E-state index in [0.29, 0.717) is 29.8 Å². The molecule has 2 aromatic rings. The van der Waals surface area contributed by atoms with Crippen molar-refractivity contribution in [3.05, 3.63) is 53.6 Å². The molecule has 2 rings (SSSR count). The number of anilines is 3. The molecular weight excluding hydrogens is 417 g/mol. The second-order valence-electron chi connectivity index (χ2n) is 7.11. The van der Waals surface area contributed by atoms with Gasteiger partial charge in [-0.05, 0) is 42.3 Å². The van der Waals surface area contributed by atoms with Gasteiger partial charge in [-0.25, -0.2) is 8.78 Å². The van der Waals surface area contributed by atoms with Crippen molar-refractivity contribution < 1.29 is 26.7 Å². The summed E-state index contributed by atoms with van der Waals surface area (Å²) in [6, 6.07) is 9.61. The van der Waals surface area contributed by atoms with Crippen LogP contribution >= 0.6 is 0 Å². The highest BCUT2D eigenvalue weighted by atomic mass is 19.4.